The maximum Gasteiger partial charge on any atom is 0.143 e. The zero-order valence-corrected chi connectivity index (χ0v) is 9.82. The van der Waals surface area contributed by atoms with Crippen molar-refractivity contribution in [1.82, 2.24) is 0 Å². The number of anilines is 2. The molecule has 4 N–H and O–H groups in total. The molecule has 0 bridgehead atoms. The van der Waals surface area contributed by atoms with Gasteiger partial charge < -0.3 is 20.9 Å². The first-order valence-electron chi connectivity index (χ1n) is 4.21. The molecule has 78 valence electrons. The first-order valence-corrected chi connectivity index (χ1v) is 5.73. The SMILES string of the molecule is Nc1cc(NCCO)ccc1OCI. The van der Waals surface area contributed by atoms with Crippen LogP contribution in [0.1, 0.15) is 0 Å². The highest BCUT2D eigenvalue weighted by Gasteiger charge is 2.00. The number of aliphatic hydroxyl groups is 1. The second-order valence-electron chi connectivity index (χ2n) is 2.66. The minimum atomic E-state index is 0.103. The fourth-order valence-corrected chi connectivity index (χ4v) is 1.38. The van der Waals surface area contributed by atoms with E-state index in [2.05, 4.69) is 27.9 Å². The second-order valence-corrected chi connectivity index (χ2v) is 3.28. The summed E-state index contributed by atoms with van der Waals surface area (Å²) in [7, 11) is 0. The first kappa shape index (κ1) is 11.4. The summed E-state index contributed by atoms with van der Waals surface area (Å²) >= 11 is 2.11. The lowest BCUT2D eigenvalue weighted by Gasteiger charge is -2.09. The molecule has 0 saturated heterocycles. The quantitative estimate of drug-likeness (QED) is 0.437. The molecule has 0 aliphatic carbocycles. The van der Waals surface area contributed by atoms with Crippen molar-refractivity contribution < 1.29 is 9.84 Å². The largest absolute Gasteiger partial charge is 0.481 e. The normalized spacial score (nSPS) is 9.86. The number of ether oxygens (including phenoxy) is 1. The number of rotatable bonds is 5. The Bertz CT molecular complexity index is 294. The number of nitrogens with one attached hydrogen (secondary N) is 1. The van der Waals surface area contributed by atoms with Gasteiger partial charge in [0.1, 0.15) is 10.4 Å². The number of nitrogen functional groups attached to an aromatic ring is 1. The molecule has 0 aliphatic rings. The monoisotopic (exact) mass is 308 g/mol. The number of hydrogen-bond acceptors (Lipinski definition) is 4. The molecule has 0 unspecified atom stereocenters. The van der Waals surface area contributed by atoms with E-state index in [1.54, 1.807) is 6.07 Å². The summed E-state index contributed by atoms with van der Waals surface area (Å²) in [5, 5.41) is 11.6. The average molecular weight is 308 g/mol. The summed E-state index contributed by atoms with van der Waals surface area (Å²) in [5.41, 5.74) is 7.24. The van der Waals surface area contributed by atoms with E-state index in [4.69, 9.17) is 15.6 Å². The zero-order valence-electron chi connectivity index (χ0n) is 7.66. The van der Waals surface area contributed by atoms with E-state index in [1.165, 1.54) is 0 Å². The molecule has 0 atom stereocenters. The predicted molar refractivity (Wildman–Crippen MR) is 65.9 cm³/mol. The lowest BCUT2D eigenvalue weighted by atomic mass is 10.2. The molecule has 0 amide bonds. The highest BCUT2D eigenvalue weighted by molar-refractivity contribution is 14.1. The van der Waals surface area contributed by atoms with Gasteiger partial charge >= 0.3 is 0 Å². The van der Waals surface area contributed by atoms with Gasteiger partial charge in [0.15, 0.2) is 0 Å². The van der Waals surface area contributed by atoms with Gasteiger partial charge in [-0.15, -0.1) is 0 Å². The van der Waals surface area contributed by atoms with Gasteiger partial charge in [0, 0.05) is 12.2 Å². The van der Waals surface area contributed by atoms with E-state index in [9.17, 15) is 0 Å². The Labute approximate surface area is 96.6 Å². The first-order chi connectivity index (χ1) is 6.77. The molecule has 0 fully saturated rings. The van der Waals surface area contributed by atoms with E-state index in [0.29, 0.717) is 22.6 Å². The van der Waals surface area contributed by atoms with Crippen molar-refractivity contribution in [3.63, 3.8) is 0 Å². The van der Waals surface area contributed by atoms with Crippen LogP contribution in [0.4, 0.5) is 11.4 Å². The van der Waals surface area contributed by atoms with E-state index < -0.39 is 0 Å². The zero-order chi connectivity index (χ0) is 10.4. The molecule has 0 aliphatic heterocycles. The third-order valence-corrected chi connectivity index (χ3v) is 1.97. The summed E-state index contributed by atoms with van der Waals surface area (Å²) < 4.78 is 5.86. The maximum absolute atomic E-state index is 8.62. The van der Waals surface area contributed by atoms with Crippen LogP contribution in [0.3, 0.4) is 0 Å². The summed E-state index contributed by atoms with van der Waals surface area (Å²) in [6.07, 6.45) is 0. The highest BCUT2D eigenvalue weighted by atomic mass is 127. The molecule has 1 rings (SSSR count). The Kier molecular flexibility index (Phi) is 4.81. The minimum absolute atomic E-state index is 0.103. The Balaban J connectivity index is 2.68. The van der Waals surface area contributed by atoms with Crippen molar-refractivity contribution in [3.05, 3.63) is 18.2 Å². The molecule has 0 aromatic heterocycles. The van der Waals surface area contributed by atoms with E-state index in [-0.39, 0.29) is 6.61 Å². The number of benzene rings is 1. The summed E-state index contributed by atoms with van der Waals surface area (Å²) in [6.45, 7) is 0.623. The maximum atomic E-state index is 8.62. The molecule has 14 heavy (non-hydrogen) atoms. The minimum Gasteiger partial charge on any atom is -0.481 e. The van der Waals surface area contributed by atoms with E-state index in [1.807, 2.05) is 12.1 Å². The molecule has 0 radical (unpaired) electrons. The lowest BCUT2D eigenvalue weighted by Crippen LogP contribution is -2.06. The van der Waals surface area contributed by atoms with Gasteiger partial charge in [0.25, 0.3) is 0 Å². The van der Waals surface area contributed by atoms with Gasteiger partial charge in [-0.25, -0.2) is 0 Å². The molecule has 0 heterocycles. The fraction of sp³-hybridized carbons (Fsp3) is 0.333. The smallest absolute Gasteiger partial charge is 0.143 e. The predicted octanol–water partition coefficient (Wildman–Crippen LogP) is 1.44. The van der Waals surface area contributed by atoms with Crippen LogP contribution < -0.4 is 15.8 Å². The van der Waals surface area contributed by atoms with Gasteiger partial charge in [-0.3, -0.25) is 0 Å². The molecule has 0 saturated carbocycles. The topological polar surface area (TPSA) is 67.5 Å². The Hall–Kier alpha value is -0.690. The molecular weight excluding hydrogens is 295 g/mol. The van der Waals surface area contributed by atoms with Crippen LogP contribution in [-0.2, 0) is 0 Å². The van der Waals surface area contributed by atoms with E-state index >= 15 is 0 Å². The molecule has 5 heteroatoms. The van der Waals surface area contributed by atoms with Crippen molar-refractivity contribution in [3.8, 4) is 5.75 Å². The van der Waals surface area contributed by atoms with Crippen LogP contribution in [0, 0.1) is 0 Å². The van der Waals surface area contributed by atoms with Gasteiger partial charge in [-0.05, 0) is 40.8 Å². The van der Waals surface area contributed by atoms with Crippen LogP contribution in [0.5, 0.6) is 5.75 Å². The van der Waals surface area contributed by atoms with Gasteiger partial charge in [0.05, 0.1) is 12.3 Å². The molecular formula is C9H13IN2O2. The van der Waals surface area contributed by atoms with Crippen LogP contribution in [0.15, 0.2) is 18.2 Å². The molecule has 1 aromatic carbocycles. The number of aliphatic hydroxyl groups excluding tert-OH is 1. The summed E-state index contributed by atoms with van der Waals surface area (Å²) in [4.78, 5) is 0. The molecule has 4 nitrogen and oxygen atoms in total. The van der Waals surface area contributed by atoms with Crippen molar-refractivity contribution in [2.45, 2.75) is 0 Å². The number of alkyl halides is 1. The van der Waals surface area contributed by atoms with E-state index in [0.717, 1.165) is 5.69 Å². The second kappa shape index (κ2) is 5.92. The number of hydrogen-bond donors (Lipinski definition) is 3. The lowest BCUT2D eigenvalue weighted by molar-refractivity contribution is 0.311. The fourth-order valence-electron chi connectivity index (χ4n) is 1.05. The van der Waals surface area contributed by atoms with Crippen molar-refractivity contribution in [2.24, 2.45) is 0 Å². The molecule has 1 aromatic rings. The Morgan fingerprint density at radius 2 is 2.29 bits per heavy atom. The standard InChI is InChI=1S/C9H13IN2O2/c10-6-14-9-2-1-7(5-8(9)11)12-3-4-13/h1-2,5,12-13H,3-4,6,11H2. The van der Waals surface area contributed by atoms with Crippen molar-refractivity contribution in [2.75, 3.05) is 28.8 Å². The third kappa shape index (κ3) is 3.22. The Morgan fingerprint density at radius 3 is 2.86 bits per heavy atom. The summed E-state index contributed by atoms with van der Waals surface area (Å²) in [5.74, 6) is 0.689. The summed E-state index contributed by atoms with van der Waals surface area (Å²) in [6, 6.07) is 5.47. The molecule has 0 spiro atoms. The van der Waals surface area contributed by atoms with Crippen molar-refractivity contribution in [1.29, 1.82) is 0 Å². The van der Waals surface area contributed by atoms with Crippen molar-refractivity contribution >= 4 is 34.0 Å². The van der Waals surface area contributed by atoms with Crippen LogP contribution in [0.2, 0.25) is 0 Å². The van der Waals surface area contributed by atoms with Gasteiger partial charge in [-0.1, -0.05) is 0 Å². The van der Waals surface area contributed by atoms with Gasteiger partial charge in [0.2, 0.25) is 0 Å². The third-order valence-electron chi connectivity index (χ3n) is 1.66. The van der Waals surface area contributed by atoms with Gasteiger partial charge in [-0.2, -0.15) is 0 Å². The number of halogens is 1. The Morgan fingerprint density at radius 1 is 1.50 bits per heavy atom. The average Bonchev–Trinajstić information content (AvgIpc) is 2.19. The van der Waals surface area contributed by atoms with Crippen LogP contribution in [0.25, 0.3) is 0 Å². The van der Waals surface area contributed by atoms with Crippen LogP contribution in [-0.4, -0.2) is 22.9 Å². The number of nitrogens with two attached hydrogens (primary N) is 1. The van der Waals surface area contributed by atoms with Crippen LogP contribution >= 0.6 is 22.6 Å². The highest BCUT2D eigenvalue weighted by Crippen LogP contribution is 2.25.